The third-order valence-corrected chi connectivity index (χ3v) is 2.74. The van der Waals surface area contributed by atoms with Crippen molar-refractivity contribution >= 4 is 0 Å². The minimum Gasteiger partial charge on any atom is -0.376 e. The quantitative estimate of drug-likeness (QED) is 0.517. The number of hydrogen-bond acceptors (Lipinski definition) is 3. The van der Waals surface area contributed by atoms with Crippen molar-refractivity contribution < 1.29 is 4.74 Å². The molecule has 0 aromatic rings. The summed E-state index contributed by atoms with van der Waals surface area (Å²) in [4.78, 5) is 0. The molecule has 1 rings (SSSR count). The van der Waals surface area contributed by atoms with Gasteiger partial charge in [0.05, 0.1) is 13.2 Å². The van der Waals surface area contributed by atoms with Gasteiger partial charge in [0.1, 0.15) is 0 Å². The first kappa shape index (κ1) is 12.7. The Morgan fingerprint density at radius 3 is 3.00 bits per heavy atom. The molecule has 2 unspecified atom stereocenters. The van der Waals surface area contributed by atoms with Crippen LogP contribution in [-0.4, -0.2) is 31.8 Å². The van der Waals surface area contributed by atoms with E-state index in [2.05, 4.69) is 11.9 Å². The molecular formula is C12H24N2O. The first-order chi connectivity index (χ1) is 7.18. The Morgan fingerprint density at radius 2 is 2.33 bits per heavy atom. The normalized spacial score (nSPS) is 26.5. The fourth-order valence-electron chi connectivity index (χ4n) is 1.99. The van der Waals surface area contributed by atoms with Gasteiger partial charge in [0.2, 0.25) is 0 Å². The smallest absolute Gasteiger partial charge is 0.0672 e. The van der Waals surface area contributed by atoms with E-state index in [1.165, 1.54) is 19.3 Å². The Balaban J connectivity index is 1.97. The average molecular weight is 212 g/mol. The van der Waals surface area contributed by atoms with E-state index in [4.69, 9.17) is 10.5 Å². The fraction of sp³-hybridized carbons (Fsp3) is 0.833. The molecule has 3 N–H and O–H groups in total. The van der Waals surface area contributed by atoms with Crippen LogP contribution >= 0.6 is 0 Å². The number of ether oxygens (including phenoxy) is 1. The monoisotopic (exact) mass is 212 g/mol. The van der Waals surface area contributed by atoms with Crippen molar-refractivity contribution in [2.24, 2.45) is 5.73 Å². The molecule has 15 heavy (non-hydrogen) atoms. The van der Waals surface area contributed by atoms with Crippen LogP contribution in [0.15, 0.2) is 12.2 Å². The van der Waals surface area contributed by atoms with Crippen LogP contribution in [0.4, 0.5) is 0 Å². The second-order valence-electron chi connectivity index (χ2n) is 4.59. The van der Waals surface area contributed by atoms with Gasteiger partial charge >= 0.3 is 0 Å². The van der Waals surface area contributed by atoms with Crippen molar-refractivity contribution in [3.8, 4) is 0 Å². The Hall–Kier alpha value is -0.380. The summed E-state index contributed by atoms with van der Waals surface area (Å²) in [6.45, 7) is 8.13. The van der Waals surface area contributed by atoms with Crippen LogP contribution in [0.2, 0.25) is 0 Å². The molecular weight excluding hydrogens is 188 g/mol. The Morgan fingerprint density at radius 1 is 1.53 bits per heavy atom. The molecule has 88 valence electrons. The maximum Gasteiger partial charge on any atom is 0.0672 e. The molecule has 0 aromatic heterocycles. The summed E-state index contributed by atoms with van der Waals surface area (Å²) in [5.41, 5.74) is 6.99. The van der Waals surface area contributed by atoms with Gasteiger partial charge in [-0.1, -0.05) is 18.6 Å². The van der Waals surface area contributed by atoms with E-state index in [1.807, 2.05) is 6.92 Å². The molecule has 0 aromatic carbocycles. The van der Waals surface area contributed by atoms with Crippen LogP contribution in [0.3, 0.4) is 0 Å². The number of rotatable bonds is 6. The SMILES string of the molecule is C=C(C)COCCNC1CCCC(N)C1. The average Bonchev–Trinajstić information content (AvgIpc) is 2.17. The Kier molecular flexibility index (Phi) is 5.91. The standard InChI is InChI=1S/C12H24N2O/c1-10(2)9-15-7-6-14-12-5-3-4-11(13)8-12/h11-12,14H,1,3-9,13H2,2H3. The highest BCUT2D eigenvalue weighted by molar-refractivity contribution is 4.87. The van der Waals surface area contributed by atoms with E-state index in [0.717, 1.165) is 25.1 Å². The lowest BCUT2D eigenvalue weighted by atomic mass is 9.92. The van der Waals surface area contributed by atoms with Gasteiger partial charge in [0, 0.05) is 18.6 Å². The van der Waals surface area contributed by atoms with Crippen molar-refractivity contribution in [3.63, 3.8) is 0 Å². The Labute approximate surface area is 93.1 Å². The van der Waals surface area contributed by atoms with Gasteiger partial charge in [0.15, 0.2) is 0 Å². The van der Waals surface area contributed by atoms with Crippen LogP contribution in [0.25, 0.3) is 0 Å². The summed E-state index contributed by atoms with van der Waals surface area (Å²) in [7, 11) is 0. The van der Waals surface area contributed by atoms with Gasteiger partial charge in [-0.05, 0) is 26.2 Å². The van der Waals surface area contributed by atoms with Crippen LogP contribution in [0, 0.1) is 0 Å². The van der Waals surface area contributed by atoms with Crippen LogP contribution in [0.1, 0.15) is 32.6 Å². The Bertz CT molecular complexity index is 194. The van der Waals surface area contributed by atoms with Gasteiger partial charge in [0.25, 0.3) is 0 Å². The molecule has 0 aliphatic heterocycles. The van der Waals surface area contributed by atoms with Crippen LogP contribution in [-0.2, 0) is 4.74 Å². The molecule has 0 saturated heterocycles. The number of nitrogens with two attached hydrogens (primary N) is 1. The second kappa shape index (κ2) is 6.99. The lowest BCUT2D eigenvalue weighted by Gasteiger charge is -2.27. The maximum atomic E-state index is 5.91. The molecule has 0 heterocycles. The predicted molar refractivity (Wildman–Crippen MR) is 63.9 cm³/mol. The molecule has 1 saturated carbocycles. The third-order valence-electron chi connectivity index (χ3n) is 2.74. The highest BCUT2D eigenvalue weighted by atomic mass is 16.5. The minimum absolute atomic E-state index is 0.396. The van der Waals surface area contributed by atoms with Gasteiger partial charge in [-0.25, -0.2) is 0 Å². The molecule has 2 atom stereocenters. The number of hydrogen-bond donors (Lipinski definition) is 2. The van der Waals surface area contributed by atoms with E-state index >= 15 is 0 Å². The summed E-state index contributed by atoms with van der Waals surface area (Å²) < 4.78 is 5.42. The minimum atomic E-state index is 0.396. The highest BCUT2D eigenvalue weighted by Crippen LogP contribution is 2.16. The van der Waals surface area contributed by atoms with Crippen molar-refractivity contribution in [1.29, 1.82) is 0 Å². The second-order valence-corrected chi connectivity index (χ2v) is 4.59. The van der Waals surface area contributed by atoms with E-state index in [0.29, 0.717) is 18.7 Å². The molecule has 1 aliphatic carbocycles. The van der Waals surface area contributed by atoms with Crippen molar-refractivity contribution in [3.05, 3.63) is 12.2 Å². The van der Waals surface area contributed by atoms with Crippen LogP contribution < -0.4 is 11.1 Å². The molecule has 1 fully saturated rings. The van der Waals surface area contributed by atoms with Crippen molar-refractivity contribution in [2.75, 3.05) is 19.8 Å². The van der Waals surface area contributed by atoms with E-state index in [-0.39, 0.29) is 0 Å². The summed E-state index contributed by atoms with van der Waals surface area (Å²) >= 11 is 0. The zero-order valence-corrected chi connectivity index (χ0v) is 9.80. The largest absolute Gasteiger partial charge is 0.376 e. The first-order valence-electron chi connectivity index (χ1n) is 5.89. The van der Waals surface area contributed by atoms with Gasteiger partial charge in [-0.15, -0.1) is 0 Å². The van der Waals surface area contributed by atoms with E-state index < -0.39 is 0 Å². The molecule has 3 nitrogen and oxygen atoms in total. The van der Waals surface area contributed by atoms with E-state index in [1.54, 1.807) is 0 Å². The zero-order valence-electron chi connectivity index (χ0n) is 9.80. The molecule has 0 bridgehead atoms. The number of nitrogens with one attached hydrogen (secondary N) is 1. The van der Waals surface area contributed by atoms with Gasteiger partial charge in [-0.3, -0.25) is 0 Å². The maximum absolute atomic E-state index is 5.91. The molecule has 3 heteroatoms. The predicted octanol–water partition coefficient (Wildman–Crippen LogP) is 1.44. The topological polar surface area (TPSA) is 47.3 Å². The highest BCUT2D eigenvalue weighted by Gasteiger charge is 2.17. The van der Waals surface area contributed by atoms with Crippen LogP contribution in [0.5, 0.6) is 0 Å². The molecule has 0 amide bonds. The lowest BCUT2D eigenvalue weighted by molar-refractivity contribution is 0.152. The fourth-order valence-corrected chi connectivity index (χ4v) is 1.99. The molecule has 0 radical (unpaired) electrons. The summed E-state index contributed by atoms with van der Waals surface area (Å²) in [6, 6.07) is 0.995. The van der Waals surface area contributed by atoms with E-state index in [9.17, 15) is 0 Å². The van der Waals surface area contributed by atoms with Gasteiger partial charge in [-0.2, -0.15) is 0 Å². The molecule has 1 aliphatic rings. The summed E-state index contributed by atoms with van der Waals surface area (Å²) in [5.74, 6) is 0. The summed E-state index contributed by atoms with van der Waals surface area (Å²) in [6.07, 6.45) is 4.81. The summed E-state index contributed by atoms with van der Waals surface area (Å²) in [5, 5.41) is 3.49. The lowest BCUT2D eigenvalue weighted by Crippen LogP contribution is -2.40. The molecule has 0 spiro atoms. The third kappa shape index (κ3) is 5.92. The zero-order chi connectivity index (χ0) is 11.1. The van der Waals surface area contributed by atoms with Crippen molar-refractivity contribution in [1.82, 2.24) is 5.32 Å². The van der Waals surface area contributed by atoms with Crippen molar-refractivity contribution in [2.45, 2.75) is 44.7 Å². The van der Waals surface area contributed by atoms with Gasteiger partial charge < -0.3 is 15.8 Å². The first-order valence-corrected chi connectivity index (χ1v) is 5.89.